The van der Waals surface area contributed by atoms with Gasteiger partial charge in [0.2, 0.25) is 5.95 Å². The number of aliphatic hydroxyl groups excluding tert-OH is 1. The molecule has 0 spiro atoms. The number of piperidine rings is 1. The third kappa shape index (κ3) is 3.98. The highest BCUT2D eigenvalue weighted by Crippen LogP contribution is 2.23. The molecule has 1 saturated heterocycles. The summed E-state index contributed by atoms with van der Waals surface area (Å²) in [6, 6.07) is 7.64. The molecule has 5 rings (SSSR count). The van der Waals surface area contributed by atoms with Crippen molar-refractivity contribution in [3.8, 4) is 11.8 Å². The monoisotopic (exact) mass is 473 g/mol. The van der Waals surface area contributed by atoms with Crippen LogP contribution >= 0.6 is 0 Å². The van der Waals surface area contributed by atoms with Gasteiger partial charge in [-0.2, -0.15) is 4.98 Å². The Morgan fingerprint density at radius 1 is 1.14 bits per heavy atom. The van der Waals surface area contributed by atoms with Crippen molar-refractivity contribution in [2.75, 3.05) is 18.0 Å². The number of aryl methyl sites for hydroxylation is 2. The first-order valence-electron chi connectivity index (χ1n) is 11.6. The van der Waals surface area contributed by atoms with Gasteiger partial charge in [-0.3, -0.25) is 18.5 Å². The Morgan fingerprint density at radius 3 is 2.71 bits per heavy atom. The second kappa shape index (κ2) is 9.00. The lowest BCUT2D eigenvalue weighted by atomic mass is 10.1. The lowest BCUT2D eigenvalue weighted by Gasteiger charge is -2.31. The normalized spacial score (nSPS) is 16.0. The fraction of sp³-hybridized carbons (Fsp3) is 0.400. The molecule has 0 bridgehead atoms. The fourth-order valence-electron chi connectivity index (χ4n) is 4.69. The Kier molecular flexibility index (Phi) is 5.86. The number of hydrogen-bond donors (Lipinski definition) is 1. The summed E-state index contributed by atoms with van der Waals surface area (Å²) in [6.07, 6.45) is 1.07. The number of β-amino-alcohol motifs (C(OH)–C–C–N with tert-alkyl or cyclic N) is 1. The first kappa shape index (κ1) is 22.8. The summed E-state index contributed by atoms with van der Waals surface area (Å²) in [4.78, 5) is 42.7. The summed E-state index contributed by atoms with van der Waals surface area (Å²) in [5, 5.41) is 11.1. The van der Waals surface area contributed by atoms with Gasteiger partial charge in [0.1, 0.15) is 5.82 Å². The predicted molar refractivity (Wildman–Crippen MR) is 134 cm³/mol. The smallest absolute Gasteiger partial charge is 0.332 e. The van der Waals surface area contributed by atoms with E-state index in [2.05, 4.69) is 26.8 Å². The predicted octanol–water partition coefficient (Wildman–Crippen LogP) is 1.18. The van der Waals surface area contributed by atoms with Gasteiger partial charge in [-0.1, -0.05) is 24.1 Å². The largest absolute Gasteiger partial charge is 0.391 e. The average Bonchev–Trinajstić information content (AvgIpc) is 3.24. The number of fused-ring (bicyclic) bond motifs is 2. The summed E-state index contributed by atoms with van der Waals surface area (Å²) >= 11 is 0. The lowest BCUT2D eigenvalue weighted by molar-refractivity contribution is 0.153. The van der Waals surface area contributed by atoms with E-state index in [9.17, 15) is 14.7 Å². The molecule has 4 aromatic rings. The molecule has 180 valence electrons. The first-order valence-corrected chi connectivity index (χ1v) is 11.6. The molecular formula is C25H27N7O3. The van der Waals surface area contributed by atoms with Crippen LogP contribution in [0.25, 0.3) is 22.1 Å². The van der Waals surface area contributed by atoms with E-state index in [0.29, 0.717) is 36.0 Å². The molecule has 1 unspecified atom stereocenters. The maximum Gasteiger partial charge on any atom is 0.332 e. The van der Waals surface area contributed by atoms with Crippen molar-refractivity contribution < 1.29 is 5.11 Å². The van der Waals surface area contributed by atoms with E-state index in [0.717, 1.165) is 34.0 Å². The zero-order chi connectivity index (χ0) is 24.7. The summed E-state index contributed by atoms with van der Waals surface area (Å²) in [5.74, 6) is 6.80. The Hall–Kier alpha value is -3.97. The Balaban J connectivity index is 1.69. The minimum absolute atomic E-state index is 0.0600. The number of aliphatic hydroxyl groups is 1. The molecule has 0 aliphatic carbocycles. The quantitative estimate of drug-likeness (QED) is 0.443. The molecule has 35 heavy (non-hydrogen) atoms. The van der Waals surface area contributed by atoms with Gasteiger partial charge in [0, 0.05) is 31.2 Å². The van der Waals surface area contributed by atoms with Crippen LogP contribution in [0.2, 0.25) is 0 Å². The van der Waals surface area contributed by atoms with Gasteiger partial charge in [0.25, 0.3) is 5.56 Å². The van der Waals surface area contributed by atoms with Crippen molar-refractivity contribution in [1.82, 2.24) is 28.7 Å². The van der Waals surface area contributed by atoms with E-state index in [-0.39, 0.29) is 13.1 Å². The van der Waals surface area contributed by atoms with Gasteiger partial charge in [-0.25, -0.2) is 14.8 Å². The van der Waals surface area contributed by atoms with Crippen molar-refractivity contribution in [2.45, 2.75) is 45.9 Å². The number of hydrogen-bond acceptors (Lipinski definition) is 7. The van der Waals surface area contributed by atoms with Gasteiger partial charge < -0.3 is 10.0 Å². The highest BCUT2D eigenvalue weighted by atomic mass is 16.3. The first-order chi connectivity index (χ1) is 16.9. The molecule has 3 aromatic heterocycles. The Labute approximate surface area is 201 Å². The highest BCUT2D eigenvalue weighted by molar-refractivity contribution is 5.80. The van der Waals surface area contributed by atoms with E-state index in [1.807, 2.05) is 36.1 Å². The molecule has 0 saturated carbocycles. The van der Waals surface area contributed by atoms with Crippen molar-refractivity contribution in [3.05, 3.63) is 56.6 Å². The third-order valence-corrected chi connectivity index (χ3v) is 6.45. The van der Waals surface area contributed by atoms with Gasteiger partial charge in [-0.15, -0.1) is 5.92 Å². The topological polar surface area (TPSA) is 111 Å². The van der Waals surface area contributed by atoms with Crippen LogP contribution in [-0.2, 0) is 20.1 Å². The van der Waals surface area contributed by atoms with Crippen LogP contribution in [0.15, 0.2) is 33.9 Å². The number of para-hydroxylation sites is 1. The van der Waals surface area contributed by atoms with E-state index in [1.54, 1.807) is 18.5 Å². The highest BCUT2D eigenvalue weighted by Gasteiger charge is 2.26. The summed E-state index contributed by atoms with van der Waals surface area (Å²) < 4.78 is 4.28. The molecule has 10 nitrogen and oxygen atoms in total. The van der Waals surface area contributed by atoms with Crippen molar-refractivity contribution in [2.24, 2.45) is 7.05 Å². The number of anilines is 1. The van der Waals surface area contributed by atoms with Crippen LogP contribution in [-0.4, -0.2) is 53.0 Å². The number of rotatable bonds is 4. The molecule has 4 heterocycles. The van der Waals surface area contributed by atoms with E-state index >= 15 is 0 Å². The molecule has 10 heteroatoms. The van der Waals surface area contributed by atoms with Crippen LogP contribution < -0.4 is 16.1 Å². The van der Waals surface area contributed by atoms with E-state index in [1.165, 1.54) is 4.57 Å². The van der Waals surface area contributed by atoms with Crippen molar-refractivity contribution >= 4 is 28.0 Å². The Morgan fingerprint density at radius 2 is 1.94 bits per heavy atom. The minimum atomic E-state index is -0.492. The number of imidazole rings is 1. The van der Waals surface area contributed by atoms with Crippen LogP contribution in [0, 0.1) is 18.8 Å². The third-order valence-electron chi connectivity index (χ3n) is 6.45. The standard InChI is InChI=1S/C25H27N7O3/c1-4-5-13-31-21-22(28-24(31)30-12-8-9-17(33)14-30)29(3)25(35)32(23(21)34)15-20-26-16(2)18-10-6-7-11-19(18)27-20/h6-7,10-11,17,33H,8-9,12-15H2,1-3H3. The van der Waals surface area contributed by atoms with Crippen molar-refractivity contribution in [1.29, 1.82) is 0 Å². The molecule has 1 aliphatic rings. The molecular weight excluding hydrogens is 446 g/mol. The van der Waals surface area contributed by atoms with Crippen molar-refractivity contribution in [3.63, 3.8) is 0 Å². The van der Waals surface area contributed by atoms with Crippen LogP contribution in [0.5, 0.6) is 0 Å². The van der Waals surface area contributed by atoms with Gasteiger partial charge >= 0.3 is 5.69 Å². The molecule has 1 atom stereocenters. The Bertz CT molecular complexity index is 1620. The minimum Gasteiger partial charge on any atom is -0.391 e. The second-order valence-electron chi connectivity index (χ2n) is 8.81. The second-order valence-corrected chi connectivity index (χ2v) is 8.81. The number of nitrogens with zero attached hydrogens (tertiary/aromatic N) is 7. The maximum atomic E-state index is 13.7. The van der Waals surface area contributed by atoms with Gasteiger partial charge in [-0.05, 0) is 32.8 Å². The zero-order valence-corrected chi connectivity index (χ0v) is 20.0. The van der Waals surface area contributed by atoms with E-state index in [4.69, 9.17) is 0 Å². The fourth-order valence-corrected chi connectivity index (χ4v) is 4.69. The zero-order valence-electron chi connectivity index (χ0n) is 20.0. The summed E-state index contributed by atoms with van der Waals surface area (Å²) in [7, 11) is 1.60. The molecule has 0 amide bonds. The lowest BCUT2D eigenvalue weighted by Crippen LogP contribution is -2.40. The van der Waals surface area contributed by atoms with Crippen LogP contribution in [0.3, 0.4) is 0 Å². The maximum absolute atomic E-state index is 13.7. The molecule has 1 aromatic carbocycles. The average molecular weight is 474 g/mol. The summed E-state index contributed by atoms with van der Waals surface area (Å²) in [6.45, 7) is 4.91. The molecule has 1 fully saturated rings. The SMILES string of the molecule is CC#CCn1c(N2CCCC(O)C2)nc2c1c(=O)n(Cc1nc(C)c3ccccc3n1)c(=O)n2C. The molecule has 1 aliphatic heterocycles. The summed E-state index contributed by atoms with van der Waals surface area (Å²) in [5.41, 5.74) is 1.17. The van der Waals surface area contributed by atoms with Crippen LogP contribution in [0.4, 0.5) is 5.95 Å². The van der Waals surface area contributed by atoms with Gasteiger partial charge in [0.15, 0.2) is 11.2 Å². The number of benzene rings is 1. The molecule has 0 radical (unpaired) electrons. The van der Waals surface area contributed by atoms with Gasteiger partial charge in [0.05, 0.1) is 24.7 Å². The molecule has 1 N–H and O–H groups in total. The number of aromatic nitrogens is 6. The van der Waals surface area contributed by atoms with Crippen LogP contribution in [0.1, 0.15) is 31.3 Å². The van der Waals surface area contributed by atoms with E-state index < -0.39 is 17.4 Å².